The van der Waals surface area contributed by atoms with Crippen molar-refractivity contribution in [3.8, 4) is 5.75 Å². The first kappa shape index (κ1) is 12.4. The quantitative estimate of drug-likeness (QED) is 0.685. The van der Waals surface area contributed by atoms with Crippen LogP contribution in [0.3, 0.4) is 0 Å². The second kappa shape index (κ2) is 5.13. The molecule has 98 valence electrons. The van der Waals surface area contributed by atoms with Gasteiger partial charge in [0.2, 0.25) is 0 Å². The van der Waals surface area contributed by atoms with Crippen LogP contribution in [0.4, 0.5) is 10.1 Å². The van der Waals surface area contributed by atoms with Crippen molar-refractivity contribution >= 4 is 17.4 Å². The van der Waals surface area contributed by atoms with E-state index >= 15 is 0 Å². The van der Waals surface area contributed by atoms with Crippen molar-refractivity contribution in [3.63, 3.8) is 0 Å². The summed E-state index contributed by atoms with van der Waals surface area (Å²) in [5, 5.41) is 0. The van der Waals surface area contributed by atoms with Gasteiger partial charge in [-0.05, 0) is 24.3 Å². The molecule has 2 aromatic rings. The average Bonchev–Trinajstić information content (AvgIpc) is 2.83. The molecule has 0 saturated heterocycles. The maximum Gasteiger partial charge on any atom is 0.124 e. The first-order chi connectivity index (χ1) is 9.24. The van der Waals surface area contributed by atoms with Crippen LogP contribution in [0.15, 0.2) is 47.4 Å². The van der Waals surface area contributed by atoms with Crippen LogP contribution in [0.5, 0.6) is 5.75 Å². The van der Waals surface area contributed by atoms with Crippen LogP contribution < -0.4 is 10.5 Å². The standard InChI is InChI=1S/C15H14FNOS/c16-11-5-6-13(17)15(7-11)19-9-10-8-18-14-4-2-1-3-12(10)14/h1-7,10H,8-9,17H2. The number of anilines is 1. The fourth-order valence-corrected chi connectivity index (χ4v) is 3.28. The Morgan fingerprint density at radius 1 is 1.26 bits per heavy atom. The highest BCUT2D eigenvalue weighted by molar-refractivity contribution is 7.99. The summed E-state index contributed by atoms with van der Waals surface area (Å²) in [7, 11) is 0. The van der Waals surface area contributed by atoms with Crippen LogP contribution in [-0.2, 0) is 0 Å². The summed E-state index contributed by atoms with van der Waals surface area (Å²) in [6.45, 7) is 0.682. The molecule has 0 amide bonds. The molecule has 0 spiro atoms. The van der Waals surface area contributed by atoms with Gasteiger partial charge in [-0.1, -0.05) is 18.2 Å². The second-order valence-corrected chi connectivity index (χ2v) is 5.60. The number of hydrogen-bond donors (Lipinski definition) is 1. The van der Waals surface area contributed by atoms with Crippen LogP contribution in [0.25, 0.3) is 0 Å². The normalized spacial score (nSPS) is 17.0. The number of hydrogen-bond acceptors (Lipinski definition) is 3. The van der Waals surface area contributed by atoms with Crippen LogP contribution in [-0.4, -0.2) is 12.4 Å². The number of halogens is 1. The highest BCUT2D eigenvalue weighted by Gasteiger charge is 2.23. The molecule has 4 heteroatoms. The summed E-state index contributed by atoms with van der Waals surface area (Å²) in [6.07, 6.45) is 0. The van der Waals surface area contributed by atoms with Crippen molar-refractivity contribution in [2.24, 2.45) is 0 Å². The number of nitrogen functional groups attached to an aromatic ring is 1. The molecular weight excluding hydrogens is 261 g/mol. The number of thioether (sulfide) groups is 1. The predicted octanol–water partition coefficient (Wildman–Crippen LogP) is 3.68. The molecule has 3 rings (SSSR count). The smallest absolute Gasteiger partial charge is 0.124 e. The largest absolute Gasteiger partial charge is 0.493 e. The van der Waals surface area contributed by atoms with Gasteiger partial charge in [0.05, 0.1) is 6.61 Å². The van der Waals surface area contributed by atoms with Gasteiger partial charge in [-0.3, -0.25) is 0 Å². The van der Waals surface area contributed by atoms with Gasteiger partial charge in [0.15, 0.2) is 0 Å². The molecular formula is C15H14FNOS. The predicted molar refractivity (Wildman–Crippen MR) is 76.2 cm³/mol. The maximum atomic E-state index is 13.2. The number of benzene rings is 2. The third-order valence-corrected chi connectivity index (χ3v) is 4.45. The first-order valence-electron chi connectivity index (χ1n) is 6.13. The minimum absolute atomic E-state index is 0.250. The minimum atomic E-state index is -0.250. The molecule has 2 N–H and O–H groups in total. The van der Waals surface area contributed by atoms with E-state index < -0.39 is 0 Å². The van der Waals surface area contributed by atoms with E-state index in [0.717, 1.165) is 16.4 Å². The van der Waals surface area contributed by atoms with Crippen LogP contribution in [0.2, 0.25) is 0 Å². The fraction of sp³-hybridized carbons (Fsp3) is 0.200. The minimum Gasteiger partial charge on any atom is -0.493 e. The summed E-state index contributed by atoms with van der Waals surface area (Å²) in [5.74, 6) is 1.88. The lowest BCUT2D eigenvalue weighted by Crippen LogP contribution is -2.03. The summed E-state index contributed by atoms with van der Waals surface area (Å²) in [6, 6.07) is 12.5. The van der Waals surface area contributed by atoms with Crippen molar-refractivity contribution in [2.75, 3.05) is 18.1 Å². The van der Waals surface area contributed by atoms with Gasteiger partial charge in [-0.15, -0.1) is 11.8 Å². The molecule has 0 fully saturated rings. The zero-order valence-corrected chi connectivity index (χ0v) is 11.1. The lowest BCUT2D eigenvalue weighted by molar-refractivity contribution is 0.339. The number of nitrogens with two attached hydrogens (primary N) is 1. The van der Waals surface area contributed by atoms with Gasteiger partial charge in [-0.2, -0.15) is 0 Å². The number of ether oxygens (including phenoxy) is 1. The van der Waals surface area contributed by atoms with E-state index in [1.165, 1.54) is 17.7 Å². The maximum absolute atomic E-state index is 13.2. The van der Waals surface area contributed by atoms with Crippen molar-refractivity contribution in [3.05, 3.63) is 53.8 Å². The van der Waals surface area contributed by atoms with E-state index in [9.17, 15) is 4.39 Å². The SMILES string of the molecule is Nc1ccc(F)cc1SCC1COc2ccccc21. The zero-order chi connectivity index (χ0) is 13.2. The zero-order valence-electron chi connectivity index (χ0n) is 10.3. The van der Waals surface area contributed by atoms with E-state index in [4.69, 9.17) is 10.5 Å². The van der Waals surface area contributed by atoms with E-state index in [1.807, 2.05) is 18.2 Å². The topological polar surface area (TPSA) is 35.2 Å². The molecule has 1 unspecified atom stereocenters. The second-order valence-electron chi connectivity index (χ2n) is 4.54. The lowest BCUT2D eigenvalue weighted by Gasteiger charge is -2.10. The molecule has 0 saturated carbocycles. The average molecular weight is 275 g/mol. The summed E-state index contributed by atoms with van der Waals surface area (Å²) < 4.78 is 18.8. The monoisotopic (exact) mass is 275 g/mol. The third-order valence-electron chi connectivity index (χ3n) is 3.21. The summed E-state index contributed by atoms with van der Waals surface area (Å²) in [4.78, 5) is 0.796. The van der Waals surface area contributed by atoms with Crippen molar-refractivity contribution in [1.82, 2.24) is 0 Å². The molecule has 0 aliphatic carbocycles. The highest BCUT2D eigenvalue weighted by atomic mass is 32.2. The molecule has 0 radical (unpaired) electrons. The van der Waals surface area contributed by atoms with Gasteiger partial charge < -0.3 is 10.5 Å². The van der Waals surface area contributed by atoms with E-state index in [2.05, 4.69) is 6.07 Å². The number of rotatable bonds is 3. The Labute approximate surface area is 115 Å². The molecule has 2 aromatic carbocycles. The van der Waals surface area contributed by atoms with Gasteiger partial charge in [0.1, 0.15) is 11.6 Å². The Bertz CT molecular complexity index is 602. The Morgan fingerprint density at radius 2 is 2.11 bits per heavy atom. The Hall–Kier alpha value is -1.68. The lowest BCUT2D eigenvalue weighted by atomic mass is 10.0. The molecule has 1 aliphatic heterocycles. The highest BCUT2D eigenvalue weighted by Crippen LogP contribution is 2.38. The molecule has 1 atom stereocenters. The summed E-state index contributed by atoms with van der Waals surface area (Å²) in [5.41, 5.74) is 7.70. The fourth-order valence-electron chi connectivity index (χ4n) is 2.19. The molecule has 19 heavy (non-hydrogen) atoms. The Balaban J connectivity index is 1.72. The van der Waals surface area contributed by atoms with Crippen LogP contribution >= 0.6 is 11.8 Å². The molecule has 2 nitrogen and oxygen atoms in total. The van der Waals surface area contributed by atoms with Gasteiger partial charge in [-0.25, -0.2) is 4.39 Å². The van der Waals surface area contributed by atoms with E-state index in [1.54, 1.807) is 17.8 Å². The van der Waals surface area contributed by atoms with Crippen molar-refractivity contribution < 1.29 is 9.13 Å². The summed E-state index contributed by atoms with van der Waals surface area (Å²) >= 11 is 1.58. The molecule has 0 bridgehead atoms. The van der Waals surface area contributed by atoms with Gasteiger partial charge >= 0.3 is 0 Å². The van der Waals surface area contributed by atoms with E-state index in [0.29, 0.717) is 18.2 Å². The van der Waals surface area contributed by atoms with Gasteiger partial charge in [0.25, 0.3) is 0 Å². The third kappa shape index (κ3) is 2.54. The van der Waals surface area contributed by atoms with Gasteiger partial charge in [0, 0.05) is 27.8 Å². The van der Waals surface area contributed by atoms with Crippen LogP contribution in [0.1, 0.15) is 11.5 Å². The van der Waals surface area contributed by atoms with Crippen molar-refractivity contribution in [2.45, 2.75) is 10.8 Å². The number of para-hydroxylation sites is 1. The Kier molecular flexibility index (Phi) is 3.34. The molecule has 1 heterocycles. The first-order valence-corrected chi connectivity index (χ1v) is 7.12. The number of fused-ring (bicyclic) bond motifs is 1. The van der Waals surface area contributed by atoms with Crippen LogP contribution in [0, 0.1) is 5.82 Å². The molecule has 0 aromatic heterocycles. The van der Waals surface area contributed by atoms with Crippen molar-refractivity contribution in [1.29, 1.82) is 0 Å². The molecule has 1 aliphatic rings. The Morgan fingerprint density at radius 3 is 3.00 bits per heavy atom. The van der Waals surface area contributed by atoms with E-state index in [-0.39, 0.29) is 5.82 Å².